The minimum atomic E-state index is -4.45. The normalized spacial score (nSPS) is 21.7. The first kappa shape index (κ1) is 24.0. The molecule has 1 aliphatic carbocycles. The smallest absolute Gasteiger partial charge is 0.349 e. The number of benzene rings is 2. The number of rotatable bonds is 6. The zero-order chi connectivity index (χ0) is 24.1. The van der Waals surface area contributed by atoms with Gasteiger partial charge in [-0.2, -0.15) is 13.2 Å². The van der Waals surface area contributed by atoms with Crippen LogP contribution in [0, 0.1) is 17.6 Å². The van der Waals surface area contributed by atoms with Crippen LogP contribution in [0.3, 0.4) is 0 Å². The highest BCUT2D eigenvalue weighted by Gasteiger charge is 2.55. The van der Waals surface area contributed by atoms with E-state index in [2.05, 4.69) is 5.32 Å². The van der Waals surface area contributed by atoms with Gasteiger partial charge in [-0.25, -0.2) is 17.2 Å². The zero-order valence-electron chi connectivity index (χ0n) is 17.3. The Kier molecular flexibility index (Phi) is 6.01. The topological polar surface area (TPSA) is 75.3 Å². The largest absolute Gasteiger partial charge is 0.416 e. The molecule has 2 aromatic rings. The first-order valence-electron chi connectivity index (χ1n) is 9.56. The summed E-state index contributed by atoms with van der Waals surface area (Å²) < 4.78 is 90.9. The molecule has 0 aliphatic heterocycles. The maximum atomic E-state index is 14.2. The molecule has 1 saturated carbocycles. The fraction of sp³-hybridized carbons (Fsp3) is 0.381. The van der Waals surface area contributed by atoms with Crippen LogP contribution >= 0.6 is 0 Å². The molecule has 3 rings (SSSR count). The monoisotopic (exact) mass is 476 g/mol. The predicted octanol–water partition coefficient (Wildman–Crippen LogP) is 4.51. The van der Waals surface area contributed by atoms with Gasteiger partial charge < -0.3 is 5.32 Å². The number of carbonyl (C=O) groups is 1. The van der Waals surface area contributed by atoms with E-state index in [0.717, 1.165) is 30.5 Å². The molecule has 0 aromatic heterocycles. The highest BCUT2D eigenvalue weighted by atomic mass is 32.2. The van der Waals surface area contributed by atoms with Crippen molar-refractivity contribution in [2.75, 3.05) is 11.0 Å². The summed E-state index contributed by atoms with van der Waals surface area (Å²) in [5.74, 6) is -3.18. The fourth-order valence-corrected chi connectivity index (χ4v) is 4.19. The summed E-state index contributed by atoms with van der Waals surface area (Å²) in [7, 11) is -3.89. The Hall–Kier alpha value is -2.69. The van der Waals surface area contributed by atoms with Crippen LogP contribution < -0.4 is 10.0 Å². The van der Waals surface area contributed by atoms with Gasteiger partial charge in [0.05, 0.1) is 17.9 Å². The van der Waals surface area contributed by atoms with Crippen molar-refractivity contribution in [3.05, 3.63) is 64.7 Å². The van der Waals surface area contributed by atoms with Gasteiger partial charge in [0.1, 0.15) is 5.69 Å². The Morgan fingerprint density at radius 2 is 1.66 bits per heavy atom. The molecule has 0 heterocycles. The van der Waals surface area contributed by atoms with Crippen LogP contribution in [-0.4, -0.2) is 20.6 Å². The number of nitrogens with one attached hydrogen (secondary N) is 2. The zero-order valence-corrected chi connectivity index (χ0v) is 18.2. The third kappa shape index (κ3) is 5.03. The van der Waals surface area contributed by atoms with Crippen molar-refractivity contribution in [2.45, 2.75) is 37.9 Å². The van der Waals surface area contributed by atoms with E-state index in [4.69, 9.17) is 0 Å². The number of amides is 1. The molecule has 0 radical (unpaired) electrons. The molecular formula is C21H21F5N2O3S. The minimum absolute atomic E-state index is 0.0873. The highest BCUT2D eigenvalue weighted by molar-refractivity contribution is 7.92. The highest BCUT2D eigenvalue weighted by Crippen LogP contribution is 2.54. The molecule has 1 amide bonds. The van der Waals surface area contributed by atoms with Crippen LogP contribution in [0.5, 0.6) is 0 Å². The molecule has 174 valence electrons. The number of anilines is 1. The summed E-state index contributed by atoms with van der Waals surface area (Å²) in [6.07, 6.45) is -3.28. The SMILES string of the molecule is CC(NC(=O)C1CC1(C)c1ccc(C(F)(F)F)cc1)c1cc(F)c(NS(C)(=O)=O)c(F)c1. The molecule has 3 unspecified atom stereocenters. The molecule has 1 aliphatic rings. The molecule has 5 nitrogen and oxygen atoms in total. The Balaban J connectivity index is 1.70. The maximum Gasteiger partial charge on any atom is 0.416 e. The molecule has 0 spiro atoms. The molecular weight excluding hydrogens is 455 g/mol. The second-order valence-corrected chi connectivity index (χ2v) is 9.96. The Morgan fingerprint density at radius 1 is 1.12 bits per heavy atom. The van der Waals surface area contributed by atoms with Crippen LogP contribution in [0.15, 0.2) is 36.4 Å². The van der Waals surface area contributed by atoms with Gasteiger partial charge in [0.2, 0.25) is 15.9 Å². The summed E-state index contributed by atoms with van der Waals surface area (Å²) in [4.78, 5) is 12.7. The van der Waals surface area contributed by atoms with Crippen molar-refractivity contribution in [1.29, 1.82) is 0 Å². The van der Waals surface area contributed by atoms with Gasteiger partial charge in [0, 0.05) is 11.3 Å². The molecule has 0 bridgehead atoms. The van der Waals surface area contributed by atoms with Crippen LogP contribution in [0.2, 0.25) is 0 Å². The summed E-state index contributed by atoms with van der Waals surface area (Å²) >= 11 is 0. The van der Waals surface area contributed by atoms with Crippen LogP contribution in [0.25, 0.3) is 0 Å². The predicted molar refractivity (Wildman–Crippen MR) is 108 cm³/mol. The third-order valence-corrected chi connectivity index (χ3v) is 6.21. The van der Waals surface area contributed by atoms with Crippen LogP contribution in [0.4, 0.5) is 27.6 Å². The lowest BCUT2D eigenvalue weighted by molar-refractivity contribution is -0.137. The van der Waals surface area contributed by atoms with Crippen molar-refractivity contribution >= 4 is 21.6 Å². The van der Waals surface area contributed by atoms with E-state index in [0.29, 0.717) is 12.0 Å². The second kappa shape index (κ2) is 8.02. The Bertz CT molecular complexity index is 1130. The summed E-state index contributed by atoms with van der Waals surface area (Å²) in [5.41, 5.74) is -1.56. The van der Waals surface area contributed by atoms with Gasteiger partial charge in [-0.3, -0.25) is 9.52 Å². The molecule has 11 heteroatoms. The number of sulfonamides is 1. The summed E-state index contributed by atoms with van der Waals surface area (Å²) in [6.45, 7) is 3.27. The number of alkyl halides is 3. The van der Waals surface area contributed by atoms with Gasteiger partial charge in [0.15, 0.2) is 11.6 Å². The Morgan fingerprint density at radius 3 is 2.12 bits per heavy atom. The van der Waals surface area contributed by atoms with Gasteiger partial charge in [0.25, 0.3) is 0 Å². The van der Waals surface area contributed by atoms with Gasteiger partial charge >= 0.3 is 6.18 Å². The molecule has 2 aromatic carbocycles. The molecule has 1 fully saturated rings. The number of carbonyl (C=O) groups excluding carboxylic acids is 1. The van der Waals surface area contributed by atoms with Gasteiger partial charge in [-0.05, 0) is 48.7 Å². The standard InChI is InChI=1S/C21H21F5N2O3S/c1-11(12-8-16(22)18(17(23)9-12)28-32(3,30)31)27-19(29)15-10-20(15,2)13-4-6-14(7-5-13)21(24,25)26/h4-9,11,15,28H,10H2,1-3H3,(H,27,29). The summed E-state index contributed by atoms with van der Waals surface area (Å²) in [5, 5.41) is 2.65. The fourth-order valence-electron chi connectivity index (χ4n) is 3.63. The Labute approximate surface area is 182 Å². The van der Waals surface area contributed by atoms with E-state index >= 15 is 0 Å². The first-order chi connectivity index (χ1) is 14.6. The van der Waals surface area contributed by atoms with E-state index in [-0.39, 0.29) is 5.56 Å². The number of hydrogen-bond acceptors (Lipinski definition) is 3. The number of halogens is 5. The lowest BCUT2D eigenvalue weighted by Gasteiger charge is -2.18. The molecule has 32 heavy (non-hydrogen) atoms. The molecule has 3 atom stereocenters. The van der Waals surface area contributed by atoms with Gasteiger partial charge in [-0.1, -0.05) is 19.1 Å². The molecule has 2 N–H and O–H groups in total. The first-order valence-corrected chi connectivity index (χ1v) is 11.5. The van der Waals surface area contributed by atoms with Crippen LogP contribution in [0.1, 0.15) is 43.0 Å². The second-order valence-electron chi connectivity index (χ2n) is 8.21. The van der Waals surface area contributed by atoms with E-state index in [1.165, 1.54) is 19.1 Å². The number of hydrogen-bond donors (Lipinski definition) is 2. The van der Waals surface area contributed by atoms with E-state index in [1.54, 1.807) is 11.6 Å². The average Bonchev–Trinajstić information content (AvgIpc) is 3.36. The van der Waals surface area contributed by atoms with E-state index < -0.39 is 62.4 Å². The van der Waals surface area contributed by atoms with Crippen molar-refractivity contribution in [2.24, 2.45) is 5.92 Å². The van der Waals surface area contributed by atoms with Crippen molar-refractivity contribution in [1.82, 2.24) is 5.32 Å². The quantitative estimate of drug-likeness (QED) is 0.603. The molecule has 0 saturated heterocycles. The summed E-state index contributed by atoms with van der Waals surface area (Å²) in [6, 6.07) is 5.67. The lowest BCUT2D eigenvalue weighted by atomic mass is 9.94. The van der Waals surface area contributed by atoms with Crippen molar-refractivity contribution < 1.29 is 35.2 Å². The minimum Gasteiger partial charge on any atom is -0.349 e. The van der Waals surface area contributed by atoms with E-state index in [9.17, 15) is 35.2 Å². The third-order valence-electron chi connectivity index (χ3n) is 5.64. The average molecular weight is 476 g/mol. The van der Waals surface area contributed by atoms with Gasteiger partial charge in [-0.15, -0.1) is 0 Å². The van der Waals surface area contributed by atoms with E-state index in [1.807, 2.05) is 0 Å². The van der Waals surface area contributed by atoms with Crippen molar-refractivity contribution in [3.8, 4) is 0 Å². The maximum absolute atomic E-state index is 14.2. The van der Waals surface area contributed by atoms with Crippen LogP contribution in [-0.2, 0) is 26.4 Å². The lowest BCUT2D eigenvalue weighted by Crippen LogP contribution is -2.30. The van der Waals surface area contributed by atoms with Crippen molar-refractivity contribution in [3.63, 3.8) is 0 Å².